The molecule has 38 valence electrons. The fraction of sp³-hybridized carbons (Fsp3) is 0.500. The summed E-state index contributed by atoms with van der Waals surface area (Å²) < 4.78 is 10.5. The normalized spacial score (nSPS) is 6.17. The average molecular weight is 115 g/mol. The Morgan fingerprint density at radius 3 is 2.00 bits per heavy atom. The van der Waals surface area contributed by atoms with E-state index in [0.717, 1.165) is 0 Å². The van der Waals surface area contributed by atoms with Crippen LogP contribution in [0.3, 0.4) is 0 Å². The Hall–Kier alpha value is -0.310. The van der Waals surface area contributed by atoms with Gasteiger partial charge in [0, 0.05) is 0 Å². The smallest absolute Gasteiger partial charge is 0.335 e. The van der Waals surface area contributed by atoms with E-state index in [1.807, 2.05) is 0 Å². The van der Waals surface area contributed by atoms with Crippen molar-refractivity contribution in [1.82, 2.24) is 0 Å². The molecule has 0 aromatic rings. The lowest BCUT2D eigenvalue weighted by atomic mass is 10.8. The molecule has 6 heavy (non-hydrogen) atoms. The van der Waals surface area contributed by atoms with Crippen LogP contribution in [0.25, 0.3) is 0 Å². The summed E-state index contributed by atoms with van der Waals surface area (Å²) in [4.78, 5) is 8.99. The zero-order valence-electron chi connectivity index (χ0n) is 2.85. The van der Waals surface area contributed by atoms with E-state index in [9.17, 15) is 4.39 Å². The van der Waals surface area contributed by atoms with Gasteiger partial charge in [-0.2, -0.15) is 0 Å². The number of carbonyl (C=O) groups is 1. The first-order valence-electron chi connectivity index (χ1n) is 1.05. The van der Waals surface area contributed by atoms with Gasteiger partial charge in [0.15, 0.2) is 6.67 Å². The van der Waals surface area contributed by atoms with E-state index in [1.165, 1.54) is 0 Å². The van der Waals surface area contributed by atoms with Crippen LogP contribution in [-0.4, -0.2) is 17.8 Å². The van der Waals surface area contributed by atoms with E-state index < -0.39 is 12.6 Å². The van der Waals surface area contributed by atoms with Crippen LogP contribution in [0, 0.1) is 0 Å². The number of aliphatic carboxylic acids is 1. The Morgan fingerprint density at radius 2 is 2.00 bits per heavy atom. The largest absolute Gasteiger partial charge is 0.479 e. The molecule has 0 heterocycles. The second-order valence-corrected chi connectivity index (χ2v) is 0.527. The van der Waals surface area contributed by atoms with Gasteiger partial charge in [0.25, 0.3) is 0 Å². The topological polar surface area (TPSA) is 37.3 Å². The molecule has 0 aromatic heterocycles. The minimum Gasteiger partial charge on any atom is -0.479 e. The molecule has 1 N–H and O–H groups in total. The predicted octanol–water partition coefficient (Wildman–Crippen LogP) is 0.462. The first-order chi connectivity index (χ1) is 2.27. The minimum atomic E-state index is -1.41. The second-order valence-electron chi connectivity index (χ2n) is 0.527. The molecule has 0 bridgehead atoms. The lowest BCUT2D eigenvalue weighted by molar-refractivity contribution is -0.137. The summed E-state index contributed by atoms with van der Waals surface area (Å²) in [6.45, 7) is -1.28. The Morgan fingerprint density at radius 1 is 1.83 bits per heavy atom. The van der Waals surface area contributed by atoms with Crippen LogP contribution in [0.5, 0.6) is 0 Å². The maximum Gasteiger partial charge on any atom is 0.335 e. The molecular weight excluding hydrogens is 110 g/mol. The fourth-order valence-electron chi connectivity index (χ4n) is 0. The first-order valence-corrected chi connectivity index (χ1v) is 1.05. The van der Waals surface area contributed by atoms with E-state index >= 15 is 0 Å². The van der Waals surface area contributed by atoms with Crippen LogP contribution in [-0.2, 0) is 4.79 Å². The number of carboxylic acids is 1. The van der Waals surface area contributed by atoms with Crippen molar-refractivity contribution in [3.8, 4) is 0 Å². The van der Waals surface area contributed by atoms with Gasteiger partial charge in [-0.1, -0.05) is 0 Å². The summed E-state index contributed by atoms with van der Waals surface area (Å²) in [6.07, 6.45) is 0. The molecule has 0 amide bonds. The summed E-state index contributed by atoms with van der Waals surface area (Å²) >= 11 is 0. The van der Waals surface area contributed by atoms with Gasteiger partial charge in [-0.05, 0) is 0 Å². The molecule has 0 saturated carbocycles. The van der Waals surface area contributed by atoms with Crippen molar-refractivity contribution in [2.45, 2.75) is 0 Å². The van der Waals surface area contributed by atoms with Crippen molar-refractivity contribution in [1.29, 1.82) is 0 Å². The highest BCUT2D eigenvalue weighted by Gasteiger charge is 1.85. The Kier molecular flexibility index (Phi) is 7.19. The number of hydrogen-bond donors (Lipinski definition) is 1. The first kappa shape index (κ1) is 9.19. The quantitative estimate of drug-likeness (QED) is 0.538. The van der Waals surface area contributed by atoms with Crippen molar-refractivity contribution in [2.24, 2.45) is 0 Å². The molecule has 0 aromatic carbocycles. The van der Waals surface area contributed by atoms with Gasteiger partial charge in [0.1, 0.15) is 0 Å². The highest BCUT2D eigenvalue weighted by Crippen LogP contribution is 1.60. The van der Waals surface area contributed by atoms with Gasteiger partial charge in [0.05, 0.1) is 0 Å². The van der Waals surface area contributed by atoms with Gasteiger partial charge >= 0.3 is 5.97 Å². The number of rotatable bonds is 1. The number of alkyl halides is 1. The SMILES string of the molecule is Cl.O=C(O)CF. The van der Waals surface area contributed by atoms with Crippen molar-refractivity contribution in [2.75, 3.05) is 6.67 Å². The van der Waals surface area contributed by atoms with Crippen LogP contribution in [0.15, 0.2) is 0 Å². The summed E-state index contributed by atoms with van der Waals surface area (Å²) in [6, 6.07) is 0. The van der Waals surface area contributed by atoms with Crippen molar-refractivity contribution in [3.63, 3.8) is 0 Å². The Balaban J connectivity index is 0. The summed E-state index contributed by atoms with van der Waals surface area (Å²) in [7, 11) is 0. The molecule has 0 atom stereocenters. The molecule has 4 heteroatoms. The van der Waals surface area contributed by atoms with Crippen molar-refractivity contribution >= 4 is 18.4 Å². The van der Waals surface area contributed by atoms with Gasteiger partial charge in [0.2, 0.25) is 0 Å². The van der Waals surface area contributed by atoms with Gasteiger partial charge in [-0.25, -0.2) is 9.18 Å². The molecule has 2 nitrogen and oxygen atoms in total. The Bertz CT molecular complexity index is 46.8. The number of halogens is 2. The van der Waals surface area contributed by atoms with Crippen LogP contribution in [0.2, 0.25) is 0 Å². The van der Waals surface area contributed by atoms with Gasteiger partial charge in [-0.15, -0.1) is 12.4 Å². The average Bonchev–Trinajstić information content (AvgIpc) is 1.38. The lowest BCUT2D eigenvalue weighted by Gasteiger charge is -1.69. The Labute approximate surface area is 40.4 Å². The van der Waals surface area contributed by atoms with E-state index in [1.54, 1.807) is 0 Å². The van der Waals surface area contributed by atoms with E-state index in [-0.39, 0.29) is 12.4 Å². The summed E-state index contributed by atoms with van der Waals surface area (Å²) in [5.41, 5.74) is 0. The maximum absolute atomic E-state index is 10.5. The van der Waals surface area contributed by atoms with Crippen LogP contribution >= 0.6 is 12.4 Å². The molecule has 0 aliphatic rings. The highest BCUT2D eigenvalue weighted by molar-refractivity contribution is 5.85. The molecule has 0 aliphatic heterocycles. The molecule has 0 fully saturated rings. The molecule has 0 saturated heterocycles. The summed E-state index contributed by atoms with van der Waals surface area (Å²) in [5.74, 6) is -1.41. The van der Waals surface area contributed by atoms with Crippen LogP contribution < -0.4 is 0 Å². The molecule has 0 rings (SSSR count). The fourth-order valence-corrected chi connectivity index (χ4v) is 0. The molecule has 0 spiro atoms. The molecule has 0 radical (unpaired) electrons. The third kappa shape index (κ3) is 9.35. The van der Waals surface area contributed by atoms with Gasteiger partial charge in [-0.3, -0.25) is 0 Å². The van der Waals surface area contributed by atoms with Crippen molar-refractivity contribution in [3.05, 3.63) is 0 Å². The van der Waals surface area contributed by atoms with E-state index in [4.69, 9.17) is 9.90 Å². The highest BCUT2D eigenvalue weighted by atomic mass is 35.5. The maximum atomic E-state index is 10.5. The molecule has 0 aliphatic carbocycles. The standard InChI is InChI=1S/C2H3FO2.ClH/c3-1-2(4)5;/h1H2,(H,4,5);1H. The lowest BCUT2D eigenvalue weighted by Crippen LogP contribution is -1.93. The third-order valence-electron chi connectivity index (χ3n) is 0.114. The number of carboxylic acid groups (broad SMARTS) is 1. The van der Waals surface area contributed by atoms with Crippen molar-refractivity contribution < 1.29 is 14.3 Å². The van der Waals surface area contributed by atoms with Crippen LogP contribution in [0.1, 0.15) is 0 Å². The molecule has 0 unspecified atom stereocenters. The zero-order chi connectivity index (χ0) is 4.28. The zero-order valence-corrected chi connectivity index (χ0v) is 3.67. The minimum absolute atomic E-state index is 0. The monoisotopic (exact) mass is 114 g/mol. The predicted molar refractivity (Wildman–Crippen MR) is 20.9 cm³/mol. The molecular formula is C2H4ClFO2. The second kappa shape index (κ2) is 4.69. The van der Waals surface area contributed by atoms with Gasteiger partial charge < -0.3 is 5.11 Å². The number of hydrogen-bond acceptors (Lipinski definition) is 1. The summed E-state index contributed by atoms with van der Waals surface area (Å²) in [5, 5.41) is 7.35. The van der Waals surface area contributed by atoms with E-state index in [0.29, 0.717) is 0 Å². The van der Waals surface area contributed by atoms with E-state index in [2.05, 4.69) is 0 Å². The van der Waals surface area contributed by atoms with Crippen LogP contribution in [0.4, 0.5) is 4.39 Å². The third-order valence-corrected chi connectivity index (χ3v) is 0.114.